The monoisotopic (exact) mass is 289 g/mol. The van der Waals surface area contributed by atoms with Gasteiger partial charge in [-0.1, -0.05) is 13.8 Å². The summed E-state index contributed by atoms with van der Waals surface area (Å²) in [6, 6.07) is 2.84. The summed E-state index contributed by atoms with van der Waals surface area (Å²) in [6.45, 7) is 4.06. The molecule has 1 aromatic rings. The number of thioether (sulfide) groups is 1. The van der Waals surface area contributed by atoms with Gasteiger partial charge in [0, 0.05) is 14.6 Å². The van der Waals surface area contributed by atoms with E-state index in [1.807, 2.05) is 13.8 Å². The molecule has 0 amide bonds. The van der Waals surface area contributed by atoms with E-state index < -0.39 is 5.82 Å². The van der Waals surface area contributed by atoms with Gasteiger partial charge in [-0.05, 0) is 28.1 Å². The minimum Gasteiger partial charge on any atom is -0.211 e. The zero-order chi connectivity index (χ0) is 11.4. The number of halogens is 2. The van der Waals surface area contributed by atoms with Crippen LogP contribution in [-0.4, -0.2) is 11.3 Å². The van der Waals surface area contributed by atoms with Crippen LogP contribution in [0.3, 0.4) is 0 Å². The van der Waals surface area contributed by atoms with Gasteiger partial charge in [0.1, 0.15) is 5.69 Å². The summed E-state index contributed by atoms with van der Waals surface area (Å²) in [7, 11) is 0. The quantitative estimate of drug-likeness (QED) is 0.477. The van der Waals surface area contributed by atoms with Crippen LogP contribution >= 0.6 is 27.7 Å². The van der Waals surface area contributed by atoms with Crippen LogP contribution in [0.1, 0.15) is 13.8 Å². The van der Waals surface area contributed by atoms with E-state index in [0.29, 0.717) is 9.72 Å². The third kappa shape index (κ3) is 3.45. The summed E-state index contributed by atoms with van der Waals surface area (Å²) in [4.78, 5) is 14.2. The Kier molecular flexibility index (Phi) is 4.51. The first-order chi connectivity index (χ1) is 7.04. The molecule has 1 rings (SSSR count). The van der Waals surface area contributed by atoms with Crippen molar-refractivity contribution in [1.29, 1.82) is 0 Å². The second-order valence-corrected chi connectivity index (χ2v) is 5.58. The van der Waals surface area contributed by atoms with Crippen molar-refractivity contribution in [3.63, 3.8) is 0 Å². The van der Waals surface area contributed by atoms with E-state index in [-0.39, 0.29) is 5.69 Å². The molecule has 0 unspecified atom stereocenters. The fourth-order valence-corrected chi connectivity index (χ4v) is 2.45. The van der Waals surface area contributed by atoms with E-state index in [9.17, 15) is 9.18 Å². The van der Waals surface area contributed by atoms with Crippen molar-refractivity contribution in [3.8, 4) is 0 Å². The Bertz CT molecular complexity index is 416. The number of hydrogen-bond donors (Lipinski definition) is 0. The molecule has 0 aliphatic carbocycles. The molecule has 0 aromatic heterocycles. The lowest BCUT2D eigenvalue weighted by Crippen LogP contribution is -1.88. The van der Waals surface area contributed by atoms with Gasteiger partial charge in [-0.2, -0.15) is 4.99 Å². The summed E-state index contributed by atoms with van der Waals surface area (Å²) >= 11 is 4.83. The van der Waals surface area contributed by atoms with Crippen LogP contribution in [0.25, 0.3) is 0 Å². The molecule has 80 valence electrons. The maximum atomic E-state index is 13.2. The van der Waals surface area contributed by atoms with Gasteiger partial charge >= 0.3 is 0 Å². The van der Waals surface area contributed by atoms with Crippen LogP contribution in [-0.2, 0) is 4.79 Å². The number of aliphatic imine (C=N–C) groups is 1. The number of rotatable bonds is 3. The molecular weight excluding hydrogens is 281 g/mol. The molecule has 2 nitrogen and oxygen atoms in total. The SMILES string of the molecule is CC(C)Sc1cc(N=C=O)c(F)cc1Br. The Hall–Kier alpha value is -0.640. The molecule has 0 atom stereocenters. The average molecular weight is 290 g/mol. The molecule has 0 fully saturated rings. The fraction of sp³-hybridized carbons (Fsp3) is 0.300. The lowest BCUT2D eigenvalue weighted by atomic mass is 10.3. The molecule has 0 radical (unpaired) electrons. The normalized spacial score (nSPS) is 10.2. The second kappa shape index (κ2) is 5.45. The number of carbonyl (C=O) groups excluding carboxylic acids is 1. The van der Waals surface area contributed by atoms with Crippen LogP contribution in [0.4, 0.5) is 10.1 Å². The van der Waals surface area contributed by atoms with Crippen molar-refractivity contribution in [1.82, 2.24) is 0 Å². The maximum absolute atomic E-state index is 13.2. The zero-order valence-corrected chi connectivity index (χ0v) is 10.7. The lowest BCUT2D eigenvalue weighted by Gasteiger charge is -2.08. The molecular formula is C10H9BrFNOS. The van der Waals surface area contributed by atoms with Gasteiger partial charge in [0.05, 0.1) is 0 Å². The molecule has 0 aliphatic rings. The number of isocyanates is 1. The average Bonchev–Trinajstić information content (AvgIpc) is 2.12. The third-order valence-electron chi connectivity index (χ3n) is 1.53. The first-order valence-corrected chi connectivity index (χ1v) is 5.95. The largest absolute Gasteiger partial charge is 0.240 e. The lowest BCUT2D eigenvalue weighted by molar-refractivity contribution is 0.564. The molecule has 0 heterocycles. The Balaban J connectivity index is 3.16. The molecule has 0 N–H and O–H groups in total. The Morgan fingerprint density at radius 1 is 1.53 bits per heavy atom. The van der Waals surface area contributed by atoms with Gasteiger partial charge in [-0.15, -0.1) is 11.8 Å². The minimum atomic E-state index is -0.529. The van der Waals surface area contributed by atoms with Crippen LogP contribution in [0, 0.1) is 5.82 Å². The summed E-state index contributed by atoms with van der Waals surface area (Å²) in [5.74, 6) is -0.529. The predicted octanol–water partition coefficient (Wildman–Crippen LogP) is 4.06. The molecule has 0 saturated carbocycles. The molecule has 0 aliphatic heterocycles. The van der Waals surface area contributed by atoms with Crippen molar-refractivity contribution in [3.05, 3.63) is 22.4 Å². The fourth-order valence-electron chi connectivity index (χ4n) is 0.997. The van der Waals surface area contributed by atoms with Crippen LogP contribution in [0.5, 0.6) is 0 Å². The van der Waals surface area contributed by atoms with Crippen LogP contribution in [0.15, 0.2) is 26.5 Å². The van der Waals surface area contributed by atoms with E-state index in [1.54, 1.807) is 11.8 Å². The first-order valence-electron chi connectivity index (χ1n) is 4.28. The Morgan fingerprint density at radius 3 is 2.73 bits per heavy atom. The molecule has 0 saturated heterocycles. The highest BCUT2D eigenvalue weighted by atomic mass is 79.9. The standard InChI is InChI=1S/C10H9BrFNOS/c1-6(2)15-10-4-9(13-5-14)8(12)3-7(10)11/h3-4,6H,1-2H3. The number of hydrogen-bond acceptors (Lipinski definition) is 3. The van der Waals surface area contributed by atoms with Gasteiger partial charge < -0.3 is 0 Å². The van der Waals surface area contributed by atoms with E-state index >= 15 is 0 Å². The van der Waals surface area contributed by atoms with E-state index in [1.165, 1.54) is 18.2 Å². The smallest absolute Gasteiger partial charge is 0.211 e. The zero-order valence-electron chi connectivity index (χ0n) is 8.25. The van der Waals surface area contributed by atoms with Gasteiger partial charge in [-0.3, -0.25) is 0 Å². The molecule has 0 spiro atoms. The van der Waals surface area contributed by atoms with Gasteiger partial charge in [0.25, 0.3) is 0 Å². The predicted molar refractivity (Wildman–Crippen MR) is 62.9 cm³/mol. The first kappa shape index (κ1) is 12.4. The summed E-state index contributed by atoms with van der Waals surface area (Å²) in [6.07, 6.45) is 1.34. The van der Waals surface area contributed by atoms with Gasteiger partial charge in [0.15, 0.2) is 5.82 Å². The molecule has 15 heavy (non-hydrogen) atoms. The van der Waals surface area contributed by atoms with Crippen molar-refractivity contribution < 1.29 is 9.18 Å². The van der Waals surface area contributed by atoms with Crippen molar-refractivity contribution >= 4 is 39.5 Å². The van der Waals surface area contributed by atoms with Gasteiger partial charge in [0.2, 0.25) is 6.08 Å². The summed E-state index contributed by atoms with van der Waals surface area (Å²) in [5.41, 5.74) is 0.0244. The van der Waals surface area contributed by atoms with Crippen LogP contribution < -0.4 is 0 Å². The number of nitrogens with zero attached hydrogens (tertiary/aromatic N) is 1. The highest BCUT2D eigenvalue weighted by molar-refractivity contribution is 9.10. The molecule has 0 bridgehead atoms. The van der Waals surface area contributed by atoms with Crippen molar-refractivity contribution in [2.75, 3.05) is 0 Å². The summed E-state index contributed by atoms with van der Waals surface area (Å²) < 4.78 is 13.9. The highest BCUT2D eigenvalue weighted by Gasteiger charge is 2.09. The highest BCUT2D eigenvalue weighted by Crippen LogP contribution is 2.35. The van der Waals surface area contributed by atoms with E-state index in [2.05, 4.69) is 20.9 Å². The van der Waals surface area contributed by atoms with Crippen molar-refractivity contribution in [2.24, 2.45) is 4.99 Å². The minimum absolute atomic E-state index is 0.0244. The second-order valence-electron chi connectivity index (χ2n) is 3.10. The molecule has 5 heteroatoms. The molecule has 1 aromatic carbocycles. The van der Waals surface area contributed by atoms with E-state index in [4.69, 9.17) is 0 Å². The Morgan fingerprint density at radius 2 is 2.20 bits per heavy atom. The number of benzene rings is 1. The van der Waals surface area contributed by atoms with Gasteiger partial charge in [-0.25, -0.2) is 9.18 Å². The topological polar surface area (TPSA) is 29.4 Å². The summed E-state index contributed by atoms with van der Waals surface area (Å²) in [5, 5.41) is 0.375. The Labute approximate surface area is 100 Å². The van der Waals surface area contributed by atoms with Crippen molar-refractivity contribution in [2.45, 2.75) is 24.0 Å². The van der Waals surface area contributed by atoms with Crippen LogP contribution in [0.2, 0.25) is 0 Å². The maximum Gasteiger partial charge on any atom is 0.240 e. The third-order valence-corrected chi connectivity index (χ3v) is 3.51. The van der Waals surface area contributed by atoms with E-state index in [0.717, 1.165) is 4.90 Å².